The summed E-state index contributed by atoms with van der Waals surface area (Å²) in [6.07, 6.45) is 0.217. The number of nitrogens with two attached hydrogens (primary N) is 1. The van der Waals surface area contributed by atoms with E-state index in [9.17, 15) is 9.59 Å². The fourth-order valence-electron chi connectivity index (χ4n) is 1.07. The van der Waals surface area contributed by atoms with Crippen molar-refractivity contribution >= 4 is 11.8 Å². The molecule has 100 valence electrons. The molecule has 0 aliphatic rings. The highest BCUT2D eigenvalue weighted by Gasteiger charge is 2.12. The molecule has 0 aliphatic carbocycles. The zero-order chi connectivity index (χ0) is 13.1. The summed E-state index contributed by atoms with van der Waals surface area (Å²) in [5.74, 6) is -0.459. The van der Waals surface area contributed by atoms with Crippen LogP contribution in [0.15, 0.2) is 0 Å². The molecular formula is C10H21N3O4. The third-order valence-electron chi connectivity index (χ3n) is 1.96. The molecule has 0 bridgehead atoms. The van der Waals surface area contributed by atoms with Gasteiger partial charge in [0.1, 0.15) is 6.04 Å². The van der Waals surface area contributed by atoms with E-state index in [1.54, 1.807) is 7.11 Å². The Bertz CT molecular complexity index is 236. The molecule has 17 heavy (non-hydrogen) atoms. The highest BCUT2D eigenvalue weighted by Crippen LogP contribution is 1.82. The van der Waals surface area contributed by atoms with Gasteiger partial charge in [-0.25, -0.2) is 0 Å². The van der Waals surface area contributed by atoms with Gasteiger partial charge in [0.15, 0.2) is 0 Å². The van der Waals surface area contributed by atoms with Crippen LogP contribution in [0.1, 0.15) is 6.42 Å². The second kappa shape index (κ2) is 10.0. The average molecular weight is 247 g/mol. The van der Waals surface area contributed by atoms with Gasteiger partial charge in [0.05, 0.1) is 13.2 Å². The lowest BCUT2D eigenvalue weighted by molar-refractivity contribution is -0.124. The van der Waals surface area contributed by atoms with Gasteiger partial charge in [-0.2, -0.15) is 0 Å². The molecule has 1 unspecified atom stereocenters. The molecule has 0 aromatic heterocycles. The SMILES string of the molecule is COCCNC(=O)CCNC(=O)C(N)COC. The molecule has 0 aliphatic heterocycles. The Morgan fingerprint density at radius 3 is 2.47 bits per heavy atom. The monoisotopic (exact) mass is 247 g/mol. The molecule has 7 nitrogen and oxygen atoms in total. The number of hydrogen-bond donors (Lipinski definition) is 3. The maximum atomic E-state index is 11.3. The number of hydrogen-bond acceptors (Lipinski definition) is 5. The third-order valence-corrected chi connectivity index (χ3v) is 1.96. The molecule has 0 saturated heterocycles. The maximum absolute atomic E-state index is 11.3. The molecular weight excluding hydrogens is 226 g/mol. The number of amides is 2. The molecule has 7 heteroatoms. The zero-order valence-corrected chi connectivity index (χ0v) is 10.3. The van der Waals surface area contributed by atoms with Crippen LogP contribution in [0.25, 0.3) is 0 Å². The summed E-state index contributed by atoms with van der Waals surface area (Å²) in [6.45, 7) is 1.35. The molecule has 0 spiro atoms. The van der Waals surface area contributed by atoms with Gasteiger partial charge in [-0.15, -0.1) is 0 Å². The van der Waals surface area contributed by atoms with E-state index in [0.29, 0.717) is 13.2 Å². The normalized spacial score (nSPS) is 11.9. The Morgan fingerprint density at radius 2 is 1.88 bits per heavy atom. The lowest BCUT2D eigenvalue weighted by Crippen LogP contribution is -2.44. The Kier molecular flexibility index (Phi) is 9.31. The van der Waals surface area contributed by atoms with E-state index in [1.807, 2.05) is 0 Å². The molecule has 0 fully saturated rings. The van der Waals surface area contributed by atoms with Crippen LogP contribution in [0.4, 0.5) is 0 Å². The summed E-state index contributed by atoms with van der Waals surface area (Å²) in [4.78, 5) is 22.5. The first-order valence-electron chi connectivity index (χ1n) is 5.39. The highest BCUT2D eigenvalue weighted by molar-refractivity contribution is 5.82. The summed E-state index contributed by atoms with van der Waals surface area (Å²) >= 11 is 0. The van der Waals surface area contributed by atoms with E-state index >= 15 is 0 Å². The fourth-order valence-corrected chi connectivity index (χ4v) is 1.07. The third kappa shape index (κ3) is 8.61. The van der Waals surface area contributed by atoms with Gasteiger partial charge in [0.2, 0.25) is 11.8 Å². The average Bonchev–Trinajstić information content (AvgIpc) is 2.29. The van der Waals surface area contributed by atoms with Gasteiger partial charge in [0.25, 0.3) is 0 Å². The zero-order valence-electron chi connectivity index (χ0n) is 10.3. The molecule has 0 radical (unpaired) electrons. The van der Waals surface area contributed by atoms with Gasteiger partial charge < -0.3 is 25.8 Å². The van der Waals surface area contributed by atoms with E-state index in [1.165, 1.54) is 7.11 Å². The number of nitrogens with one attached hydrogen (secondary N) is 2. The molecule has 0 heterocycles. The van der Waals surface area contributed by atoms with Gasteiger partial charge in [-0.1, -0.05) is 0 Å². The Hall–Kier alpha value is -1.18. The van der Waals surface area contributed by atoms with Crippen molar-refractivity contribution in [2.24, 2.45) is 5.73 Å². The summed E-state index contributed by atoms with van der Waals surface area (Å²) in [7, 11) is 3.03. The lowest BCUT2D eigenvalue weighted by Gasteiger charge is -2.11. The van der Waals surface area contributed by atoms with Crippen molar-refractivity contribution in [3.05, 3.63) is 0 Å². The van der Waals surface area contributed by atoms with Crippen molar-refractivity contribution < 1.29 is 19.1 Å². The first-order valence-corrected chi connectivity index (χ1v) is 5.39. The second-order valence-corrected chi connectivity index (χ2v) is 3.45. The molecule has 4 N–H and O–H groups in total. The maximum Gasteiger partial charge on any atom is 0.239 e. The highest BCUT2D eigenvalue weighted by atomic mass is 16.5. The van der Waals surface area contributed by atoms with Crippen LogP contribution in [0.2, 0.25) is 0 Å². The molecule has 1 atom stereocenters. The van der Waals surface area contributed by atoms with Gasteiger partial charge in [-0.3, -0.25) is 9.59 Å². The molecule has 0 aromatic rings. The van der Waals surface area contributed by atoms with Gasteiger partial charge in [0, 0.05) is 33.7 Å². The van der Waals surface area contributed by atoms with Crippen molar-refractivity contribution in [1.29, 1.82) is 0 Å². The van der Waals surface area contributed by atoms with Crippen molar-refractivity contribution in [2.75, 3.05) is 40.5 Å². The van der Waals surface area contributed by atoms with Crippen molar-refractivity contribution in [1.82, 2.24) is 10.6 Å². The minimum Gasteiger partial charge on any atom is -0.383 e. The number of carbonyl (C=O) groups excluding carboxylic acids is 2. The van der Waals surface area contributed by atoms with E-state index in [4.69, 9.17) is 15.2 Å². The summed E-state index contributed by atoms with van der Waals surface area (Å²) in [6, 6.07) is -0.698. The Labute approximate surface area is 101 Å². The first-order chi connectivity index (χ1) is 8.11. The Balaban J connectivity index is 3.55. The summed E-state index contributed by atoms with van der Waals surface area (Å²) in [5, 5.41) is 5.19. The van der Waals surface area contributed by atoms with E-state index in [2.05, 4.69) is 10.6 Å². The quantitative estimate of drug-likeness (QED) is 0.418. The van der Waals surface area contributed by atoms with E-state index in [-0.39, 0.29) is 31.4 Å². The minimum atomic E-state index is -0.698. The minimum absolute atomic E-state index is 0.136. The first kappa shape index (κ1) is 15.8. The van der Waals surface area contributed by atoms with Crippen LogP contribution in [-0.4, -0.2) is 58.4 Å². The van der Waals surface area contributed by atoms with Crippen molar-refractivity contribution in [3.63, 3.8) is 0 Å². The topological polar surface area (TPSA) is 103 Å². The molecule has 2 amide bonds. The number of ether oxygens (including phenoxy) is 2. The van der Waals surface area contributed by atoms with E-state index in [0.717, 1.165) is 0 Å². The van der Waals surface area contributed by atoms with Crippen LogP contribution in [0.5, 0.6) is 0 Å². The Morgan fingerprint density at radius 1 is 1.18 bits per heavy atom. The molecule has 0 saturated carbocycles. The lowest BCUT2D eigenvalue weighted by atomic mass is 10.3. The summed E-state index contributed by atoms with van der Waals surface area (Å²) in [5.41, 5.74) is 5.49. The second-order valence-electron chi connectivity index (χ2n) is 3.45. The fraction of sp³-hybridized carbons (Fsp3) is 0.800. The predicted molar refractivity (Wildman–Crippen MR) is 62.4 cm³/mol. The number of carbonyl (C=O) groups is 2. The van der Waals surface area contributed by atoms with Crippen molar-refractivity contribution in [3.8, 4) is 0 Å². The van der Waals surface area contributed by atoms with Crippen LogP contribution < -0.4 is 16.4 Å². The number of rotatable bonds is 9. The van der Waals surface area contributed by atoms with Crippen molar-refractivity contribution in [2.45, 2.75) is 12.5 Å². The van der Waals surface area contributed by atoms with Crippen LogP contribution >= 0.6 is 0 Å². The van der Waals surface area contributed by atoms with E-state index < -0.39 is 6.04 Å². The predicted octanol–water partition coefficient (Wildman–Crippen LogP) is -1.77. The van der Waals surface area contributed by atoms with Crippen LogP contribution in [0.3, 0.4) is 0 Å². The van der Waals surface area contributed by atoms with Crippen LogP contribution in [-0.2, 0) is 19.1 Å². The van der Waals surface area contributed by atoms with Gasteiger partial charge in [-0.05, 0) is 0 Å². The standard InChI is InChI=1S/C10H21N3O4/c1-16-6-5-12-9(14)3-4-13-10(15)8(11)7-17-2/h8H,3-7,11H2,1-2H3,(H,12,14)(H,13,15). The molecule has 0 aromatic carbocycles. The van der Waals surface area contributed by atoms with Gasteiger partial charge >= 0.3 is 0 Å². The van der Waals surface area contributed by atoms with Crippen LogP contribution in [0, 0.1) is 0 Å². The molecule has 0 rings (SSSR count). The summed E-state index contributed by atoms with van der Waals surface area (Å²) < 4.78 is 9.52. The largest absolute Gasteiger partial charge is 0.383 e. The smallest absolute Gasteiger partial charge is 0.239 e. The number of methoxy groups -OCH3 is 2.